The van der Waals surface area contributed by atoms with Crippen molar-refractivity contribution in [3.63, 3.8) is 0 Å². The zero-order valence-electron chi connectivity index (χ0n) is 16.4. The lowest BCUT2D eigenvalue weighted by molar-refractivity contribution is -0.682. The molecule has 0 radical (unpaired) electrons. The first-order valence-corrected chi connectivity index (χ1v) is 11.1. The van der Waals surface area contributed by atoms with Gasteiger partial charge in [0.25, 0.3) is 5.91 Å². The minimum Gasteiger partial charge on any atom is -0.333 e. The Morgan fingerprint density at radius 1 is 1.14 bits per heavy atom. The van der Waals surface area contributed by atoms with E-state index in [2.05, 4.69) is 5.32 Å². The summed E-state index contributed by atoms with van der Waals surface area (Å²) in [7, 11) is -3.62. The quantitative estimate of drug-likeness (QED) is 0.649. The Kier molecular flexibility index (Phi) is 8.00. The number of carbonyl (C=O) groups excluding carboxylic acids is 1. The molecule has 28 heavy (non-hydrogen) atoms. The van der Waals surface area contributed by atoms with Crippen LogP contribution in [0.1, 0.15) is 32.4 Å². The number of quaternary nitrogens is 1. The van der Waals surface area contributed by atoms with Crippen LogP contribution in [0.2, 0.25) is 5.02 Å². The van der Waals surface area contributed by atoms with Crippen molar-refractivity contribution in [1.29, 1.82) is 0 Å². The van der Waals surface area contributed by atoms with Crippen molar-refractivity contribution < 1.29 is 18.5 Å². The summed E-state index contributed by atoms with van der Waals surface area (Å²) in [6.07, 6.45) is 0. The number of benzene rings is 2. The summed E-state index contributed by atoms with van der Waals surface area (Å²) in [5, 5.41) is 4.93. The number of anilines is 1. The number of nitrogens with two attached hydrogens (primary N) is 1. The minimum atomic E-state index is -3.62. The van der Waals surface area contributed by atoms with Crippen LogP contribution in [0.15, 0.2) is 53.4 Å². The van der Waals surface area contributed by atoms with Gasteiger partial charge >= 0.3 is 0 Å². The lowest BCUT2D eigenvalue weighted by atomic mass is 10.1. The van der Waals surface area contributed by atoms with Crippen LogP contribution in [0.5, 0.6) is 0 Å². The summed E-state index contributed by atoms with van der Waals surface area (Å²) in [6.45, 7) is 6.52. The van der Waals surface area contributed by atoms with Gasteiger partial charge in [-0.15, -0.1) is 0 Å². The van der Waals surface area contributed by atoms with E-state index in [0.717, 1.165) is 5.56 Å². The number of nitrogens with zero attached hydrogens (tertiary/aromatic N) is 1. The predicted molar refractivity (Wildman–Crippen MR) is 112 cm³/mol. The molecule has 0 saturated heterocycles. The number of amides is 1. The van der Waals surface area contributed by atoms with Crippen LogP contribution in [0.3, 0.4) is 0 Å². The number of hydrogen-bond acceptors (Lipinski definition) is 3. The Labute approximate surface area is 171 Å². The van der Waals surface area contributed by atoms with E-state index in [0.29, 0.717) is 23.8 Å². The highest BCUT2D eigenvalue weighted by molar-refractivity contribution is 7.89. The maximum atomic E-state index is 12.7. The zero-order valence-corrected chi connectivity index (χ0v) is 17.9. The van der Waals surface area contributed by atoms with Crippen LogP contribution >= 0.6 is 11.6 Å². The van der Waals surface area contributed by atoms with Crippen molar-refractivity contribution in [3.05, 3.63) is 59.1 Å². The Hall–Kier alpha value is -1.93. The Morgan fingerprint density at radius 3 is 2.39 bits per heavy atom. The molecule has 0 aromatic heterocycles. The fourth-order valence-corrected chi connectivity index (χ4v) is 4.50. The average Bonchev–Trinajstić information content (AvgIpc) is 2.69. The Bertz CT molecular complexity index is 900. The molecular weight excluding hydrogens is 398 g/mol. The second-order valence-corrected chi connectivity index (χ2v) is 8.76. The van der Waals surface area contributed by atoms with Gasteiger partial charge in [0.1, 0.15) is 6.04 Å². The molecule has 1 amide bonds. The first-order valence-electron chi connectivity index (χ1n) is 9.27. The SMILES string of the molecule is CCN(CC)S(=O)(=O)c1ccc(Cl)c(NC(=O)C[NH2+][C@H](C)c2ccccc2)c1. The van der Waals surface area contributed by atoms with Crippen LogP contribution in [0.4, 0.5) is 5.69 Å². The summed E-state index contributed by atoms with van der Waals surface area (Å²) in [4.78, 5) is 12.5. The molecule has 6 nitrogen and oxygen atoms in total. The van der Waals surface area contributed by atoms with Gasteiger partial charge in [-0.05, 0) is 25.1 Å². The average molecular weight is 425 g/mol. The van der Waals surface area contributed by atoms with Gasteiger partial charge in [0.15, 0.2) is 6.54 Å². The highest BCUT2D eigenvalue weighted by Gasteiger charge is 2.23. The molecule has 0 spiro atoms. The molecule has 0 aliphatic carbocycles. The summed E-state index contributed by atoms with van der Waals surface area (Å²) < 4.78 is 26.7. The smallest absolute Gasteiger partial charge is 0.279 e. The van der Waals surface area contributed by atoms with Crippen LogP contribution < -0.4 is 10.6 Å². The van der Waals surface area contributed by atoms with E-state index < -0.39 is 10.0 Å². The largest absolute Gasteiger partial charge is 0.333 e. The fraction of sp³-hybridized carbons (Fsp3) is 0.350. The third-order valence-corrected chi connectivity index (χ3v) is 6.91. The van der Waals surface area contributed by atoms with Gasteiger partial charge < -0.3 is 10.6 Å². The molecule has 152 valence electrons. The molecule has 2 aromatic carbocycles. The van der Waals surface area contributed by atoms with E-state index in [4.69, 9.17) is 11.6 Å². The van der Waals surface area contributed by atoms with E-state index in [1.807, 2.05) is 42.6 Å². The second-order valence-electron chi connectivity index (χ2n) is 6.42. The van der Waals surface area contributed by atoms with Crippen LogP contribution in [-0.4, -0.2) is 38.3 Å². The van der Waals surface area contributed by atoms with E-state index in [-0.39, 0.29) is 23.4 Å². The molecule has 0 aliphatic heterocycles. The standard InChI is InChI=1S/C20H26ClN3O3S/c1-4-24(5-2)28(26,27)17-11-12-18(21)19(13-17)23-20(25)14-22-15(3)16-9-7-6-8-10-16/h6-13,15,22H,4-5,14H2,1-3H3,(H,23,25)/p+1/t15-/m1/s1. The van der Waals surface area contributed by atoms with Crippen molar-refractivity contribution in [2.75, 3.05) is 25.0 Å². The number of nitrogens with one attached hydrogen (secondary N) is 1. The summed E-state index contributed by atoms with van der Waals surface area (Å²) in [5.41, 5.74) is 1.42. The lowest BCUT2D eigenvalue weighted by Crippen LogP contribution is -2.86. The molecule has 0 fully saturated rings. The zero-order chi connectivity index (χ0) is 20.7. The molecule has 0 aliphatic rings. The number of halogens is 1. The van der Waals surface area contributed by atoms with Crippen molar-refractivity contribution in [1.82, 2.24) is 4.31 Å². The van der Waals surface area contributed by atoms with Gasteiger partial charge in [-0.3, -0.25) is 4.79 Å². The third-order valence-electron chi connectivity index (χ3n) is 4.54. The van der Waals surface area contributed by atoms with Gasteiger partial charge in [0.2, 0.25) is 10.0 Å². The molecular formula is C20H27ClN3O3S+. The molecule has 2 rings (SSSR count). The van der Waals surface area contributed by atoms with Gasteiger partial charge in [0.05, 0.1) is 15.6 Å². The number of hydrogen-bond donors (Lipinski definition) is 2. The van der Waals surface area contributed by atoms with Crippen LogP contribution in [0, 0.1) is 0 Å². The Morgan fingerprint density at radius 2 is 1.79 bits per heavy atom. The van der Waals surface area contributed by atoms with Gasteiger partial charge in [-0.25, -0.2) is 8.42 Å². The molecule has 0 heterocycles. The monoisotopic (exact) mass is 424 g/mol. The summed E-state index contributed by atoms with van der Waals surface area (Å²) in [6, 6.07) is 14.4. The van der Waals surface area contributed by atoms with Crippen molar-refractivity contribution >= 4 is 33.2 Å². The van der Waals surface area contributed by atoms with E-state index >= 15 is 0 Å². The maximum Gasteiger partial charge on any atom is 0.279 e. The van der Waals surface area contributed by atoms with Gasteiger partial charge in [-0.1, -0.05) is 55.8 Å². The molecule has 1 atom stereocenters. The van der Waals surface area contributed by atoms with E-state index in [9.17, 15) is 13.2 Å². The molecule has 0 unspecified atom stereocenters. The first-order chi connectivity index (χ1) is 13.3. The Balaban J connectivity index is 2.08. The molecule has 8 heteroatoms. The highest BCUT2D eigenvalue weighted by atomic mass is 35.5. The topological polar surface area (TPSA) is 83.1 Å². The van der Waals surface area contributed by atoms with Crippen molar-refractivity contribution in [3.8, 4) is 0 Å². The van der Waals surface area contributed by atoms with E-state index in [1.54, 1.807) is 13.8 Å². The summed E-state index contributed by atoms with van der Waals surface area (Å²) >= 11 is 6.16. The van der Waals surface area contributed by atoms with E-state index in [1.165, 1.54) is 22.5 Å². The molecule has 3 N–H and O–H groups in total. The molecule has 0 saturated carbocycles. The van der Waals surface area contributed by atoms with Gasteiger partial charge in [-0.2, -0.15) is 4.31 Å². The molecule has 0 bridgehead atoms. The van der Waals surface area contributed by atoms with Crippen LogP contribution in [-0.2, 0) is 14.8 Å². The molecule has 2 aromatic rings. The van der Waals surface area contributed by atoms with Crippen LogP contribution in [0.25, 0.3) is 0 Å². The first kappa shape index (κ1) is 22.4. The normalized spacial score (nSPS) is 12.8. The predicted octanol–water partition coefficient (Wildman–Crippen LogP) is 2.63. The lowest BCUT2D eigenvalue weighted by Gasteiger charge is -2.19. The highest BCUT2D eigenvalue weighted by Crippen LogP contribution is 2.26. The number of rotatable bonds is 9. The number of carbonyl (C=O) groups is 1. The minimum absolute atomic E-state index is 0.109. The van der Waals surface area contributed by atoms with Gasteiger partial charge in [0, 0.05) is 18.7 Å². The fourth-order valence-electron chi connectivity index (χ4n) is 2.85. The third kappa shape index (κ3) is 5.54. The van der Waals surface area contributed by atoms with Crippen molar-refractivity contribution in [2.24, 2.45) is 0 Å². The number of sulfonamides is 1. The summed E-state index contributed by atoms with van der Waals surface area (Å²) in [5.74, 6) is -0.248. The maximum absolute atomic E-state index is 12.7. The second kappa shape index (κ2) is 10.0. The van der Waals surface area contributed by atoms with Crippen molar-refractivity contribution in [2.45, 2.75) is 31.7 Å².